The molecule has 3 rings (SSSR count). The number of halogens is 4. The third-order valence-electron chi connectivity index (χ3n) is 3.63. The van der Waals surface area contributed by atoms with Crippen LogP contribution in [0.3, 0.4) is 0 Å². The van der Waals surface area contributed by atoms with Gasteiger partial charge >= 0.3 is 0 Å². The third kappa shape index (κ3) is 2.54. The number of aromatic nitrogens is 2. The molecule has 3 nitrogen and oxygen atoms in total. The predicted molar refractivity (Wildman–Crippen MR) is 83.5 cm³/mol. The summed E-state index contributed by atoms with van der Waals surface area (Å²) in [6.45, 7) is 1.96. The van der Waals surface area contributed by atoms with Crippen LogP contribution in [0.25, 0.3) is 0 Å². The maximum absolute atomic E-state index is 14.2. The van der Waals surface area contributed by atoms with E-state index in [9.17, 15) is 13.2 Å². The Bertz CT molecular complexity index is 762. The van der Waals surface area contributed by atoms with E-state index in [1.807, 2.05) is 0 Å². The fourth-order valence-electron chi connectivity index (χ4n) is 2.57. The van der Waals surface area contributed by atoms with E-state index in [0.29, 0.717) is 11.3 Å². The van der Waals surface area contributed by atoms with E-state index in [1.165, 1.54) is 16.8 Å². The largest absolute Gasteiger partial charge is 0.363 e. The molecule has 116 valence electrons. The minimum absolute atomic E-state index is 0.197. The number of hydrogen-bond donors (Lipinski definition) is 1. The minimum atomic E-state index is -2.67. The van der Waals surface area contributed by atoms with Crippen molar-refractivity contribution in [3.05, 3.63) is 51.5 Å². The molecule has 22 heavy (non-hydrogen) atoms. The Morgan fingerprint density at radius 1 is 1.41 bits per heavy atom. The monoisotopic (exact) mass is 389 g/mol. The fraction of sp³-hybridized carbons (Fsp3) is 0.286. The van der Waals surface area contributed by atoms with E-state index < -0.39 is 17.8 Å². The summed E-state index contributed by atoms with van der Waals surface area (Å²) in [7, 11) is 0. The number of thiocarbonyl (C=S) groups is 1. The molecule has 8 heteroatoms. The van der Waals surface area contributed by atoms with Gasteiger partial charge in [0.2, 0.25) is 0 Å². The van der Waals surface area contributed by atoms with Gasteiger partial charge in [-0.15, -0.1) is 0 Å². The van der Waals surface area contributed by atoms with Gasteiger partial charge in [0.15, 0.2) is 0 Å². The average molecular weight is 390 g/mol. The molecule has 0 fully saturated rings. The van der Waals surface area contributed by atoms with Crippen LogP contribution in [-0.2, 0) is 12.1 Å². The standard InChI is InChI=1S/C14H11BrF3N3S/c1-14(8-4-7(15)2-3-9(8)16)6-21-11(13(22)19-14)5-10(20-21)12(17)18/h2-5,12H,6H2,1H3,(H,19,22). The van der Waals surface area contributed by atoms with Crippen LogP contribution in [0, 0.1) is 5.82 Å². The van der Waals surface area contributed by atoms with Gasteiger partial charge in [-0.3, -0.25) is 4.68 Å². The first kappa shape index (κ1) is 15.5. The quantitative estimate of drug-likeness (QED) is 0.789. The van der Waals surface area contributed by atoms with Crippen molar-refractivity contribution in [2.45, 2.75) is 25.4 Å². The molecule has 0 spiro atoms. The van der Waals surface area contributed by atoms with Gasteiger partial charge in [-0.25, -0.2) is 13.2 Å². The van der Waals surface area contributed by atoms with Crippen molar-refractivity contribution >= 4 is 33.1 Å². The van der Waals surface area contributed by atoms with Gasteiger partial charge in [0.1, 0.15) is 16.5 Å². The lowest BCUT2D eigenvalue weighted by atomic mass is 9.90. The second kappa shape index (κ2) is 5.34. The van der Waals surface area contributed by atoms with Crippen LogP contribution < -0.4 is 5.32 Å². The van der Waals surface area contributed by atoms with Gasteiger partial charge in [0, 0.05) is 10.0 Å². The molecule has 1 aliphatic heterocycles. The molecular formula is C14H11BrF3N3S. The summed E-state index contributed by atoms with van der Waals surface area (Å²) in [5, 5.41) is 6.93. The Morgan fingerprint density at radius 3 is 2.82 bits per heavy atom. The van der Waals surface area contributed by atoms with Gasteiger partial charge in [-0.05, 0) is 31.2 Å². The van der Waals surface area contributed by atoms with Crippen LogP contribution in [0.15, 0.2) is 28.7 Å². The van der Waals surface area contributed by atoms with Crippen molar-refractivity contribution in [2.75, 3.05) is 0 Å². The number of alkyl halides is 2. The molecule has 1 aliphatic rings. The zero-order valence-corrected chi connectivity index (χ0v) is 13.8. The van der Waals surface area contributed by atoms with Gasteiger partial charge in [-0.2, -0.15) is 5.10 Å². The number of rotatable bonds is 2. The summed E-state index contributed by atoms with van der Waals surface area (Å²) in [6.07, 6.45) is -2.67. The Labute approximate surface area is 138 Å². The number of fused-ring (bicyclic) bond motifs is 1. The second-order valence-electron chi connectivity index (χ2n) is 5.32. The molecule has 0 aliphatic carbocycles. The molecule has 0 amide bonds. The highest BCUT2D eigenvalue weighted by molar-refractivity contribution is 9.10. The van der Waals surface area contributed by atoms with E-state index in [-0.39, 0.29) is 17.2 Å². The first-order chi connectivity index (χ1) is 10.3. The zero-order valence-electron chi connectivity index (χ0n) is 11.4. The predicted octanol–water partition coefficient (Wildman–Crippen LogP) is 3.92. The highest BCUT2D eigenvalue weighted by Crippen LogP contribution is 2.32. The average Bonchev–Trinajstić information content (AvgIpc) is 2.85. The van der Waals surface area contributed by atoms with Crippen molar-refractivity contribution in [1.29, 1.82) is 0 Å². The molecule has 0 radical (unpaired) electrons. The van der Waals surface area contributed by atoms with Crippen LogP contribution in [0.4, 0.5) is 13.2 Å². The van der Waals surface area contributed by atoms with Gasteiger partial charge in [-0.1, -0.05) is 28.1 Å². The molecule has 1 unspecified atom stereocenters. The first-order valence-corrected chi connectivity index (χ1v) is 7.64. The molecule has 2 aromatic rings. The summed E-state index contributed by atoms with van der Waals surface area (Å²) in [6, 6.07) is 5.85. The van der Waals surface area contributed by atoms with Crippen LogP contribution in [0.5, 0.6) is 0 Å². The van der Waals surface area contributed by atoms with Gasteiger partial charge < -0.3 is 5.32 Å². The van der Waals surface area contributed by atoms with E-state index in [2.05, 4.69) is 26.3 Å². The SMILES string of the molecule is CC1(c2cc(Br)ccc2F)Cn2nc(C(F)F)cc2C(=S)N1. The normalized spacial score (nSPS) is 20.9. The van der Waals surface area contributed by atoms with E-state index in [4.69, 9.17) is 12.2 Å². The first-order valence-electron chi connectivity index (χ1n) is 6.44. The van der Waals surface area contributed by atoms with E-state index >= 15 is 0 Å². The molecule has 1 N–H and O–H groups in total. The summed E-state index contributed by atoms with van der Waals surface area (Å²) >= 11 is 8.54. The molecule has 0 saturated carbocycles. The molecule has 0 bridgehead atoms. The van der Waals surface area contributed by atoms with Crippen molar-refractivity contribution < 1.29 is 13.2 Å². The van der Waals surface area contributed by atoms with Crippen LogP contribution in [-0.4, -0.2) is 14.8 Å². The number of hydrogen-bond acceptors (Lipinski definition) is 2. The van der Waals surface area contributed by atoms with Crippen LogP contribution >= 0.6 is 28.1 Å². The summed E-state index contributed by atoms with van der Waals surface area (Å²) in [4.78, 5) is 0.271. The van der Waals surface area contributed by atoms with Gasteiger partial charge in [0.25, 0.3) is 6.43 Å². The summed E-state index contributed by atoms with van der Waals surface area (Å²) in [5.74, 6) is -0.398. The molecule has 2 heterocycles. The van der Waals surface area contributed by atoms with Crippen molar-refractivity contribution in [3.8, 4) is 0 Å². The Balaban J connectivity index is 2.07. The molecule has 1 aromatic carbocycles. The number of nitrogens with zero attached hydrogens (tertiary/aromatic N) is 2. The Kier molecular flexibility index (Phi) is 3.76. The summed E-state index contributed by atoms with van der Waals surface area (Å²) < 4.78 is 41.9. The number of benzene rings is 1. The molecular weight excluding hydrogens is 379 g/mol. The van der Waals surface area contributed by atoms with Crippen LogP contribution in [0.2, 0.25) is 0 Å². The van der Waals surface area contributed by atoms with E-state index in [1.54, 1.807) is 19.1 Å². The third-order valence-corrected chi connectivity index (χ3v) is 4.44. The molecule has 1 atom stereocenters. The Morgan fingerprint density at radius 2 is 2.14 bits per heavy atom. The topological polar surface area (TPSA) is 29.9 Å². The summed E-state index contributed by atoms with van der Waals surface area (Å²) in [5.41, 5.74) is -0.399. The highest BCUT2D eigenvalue weighted by Gasteiger charge is 2.37. The maximum atomic E-state index is 14.2. The molecule has 1 aromatic heterocycles. The van der Waals surface area contributed by atoms with Crippen molar-refractivity contribution in [2.24, 2.45) is 0 Å². The van der Waals surface area contributed by atoms with Gasteiger partial charge in [0.05, 0.1) is 17.8 Å². The highest BCUT2D eigenvalue weighted by atomic mass is 79.9. The number of nitrogens with one attached hydrogen (secondary N) is 1. The van der Waals surface area contributed by atoms with Crippen molar-refractivity contribution in [1.82, 2.24) is 15.1 Å². The van der Waals surface area contributed by atoms with E-state index in [0.717, 1.165) is 4.47 Å². The van der Waals surface area contributed by atoms with Crippen molar-refractivity contribution in [3.63, 3.8) is 0 Å². The second-order valence-corrected chi connectivity index (χ2v) is 6.65. The fourth-order valence-corrected chi connectivity index (χ4v) is 3.32. The zero-order chi connectivity index (χ0) is 16.1. The Hall–Kier alpha value is -1.41. The lowest BCUT2D eigenvalue weighted by molar-refractivity contribution is 0.144. The van der Waals surface area contributed by atoms with Crippen LogP contribution in [0.1, 0.15) is 30.3 Å². The smallest absolute Gasteiger partial charge is 0.282 e. The maximum Gasteiger partial charge on any atom is 0.282 e. The molecule has 0 saturated heterocycles. The minimum Gasteiger partial charge on any atom is -0.363 e. The lowest BCUT2D eigenvalue weighted by Crippen LogP contribution is -2.51. The lowest BCUT2D eigenvalue weighted by Gasteiger charge is -2.37.